The van der Waals surface area contributed by atoms with Crippen molar-refractivity contribution in [3.8, 4) is 5.75 Å². The van der Waals surface area contributed by atoms with Crippen LogP contribution < -0.4 is 5.32 Å². The Kier molecular flexibility index (Phi) is 4.41. The molecule has 2 aromatic carbocycles. The highest BCUT2D eigenvalue weighted by Gasteiger charge is 2.34. The first-order valence-corrected chi connectivity index (χ1v) is 7.69. The molecule has 0 bridgehead atoms. The maximum atomic E-state index is 13.7. The minimum absolute atomic E-state index is 0.114. The maximum absolute atomic E-state index is 13.7. The minimum atomic E-state index is -0.851. The number of carbonyl (C=O) groups excluding carboxylic acids is 3. The number of carbonyl (C=O) groups is 3. The Morgan fingerprint density at radius 2 is 1.76 bits per heavy atom. The number of hydrogen-bond acceptors (Lipinski definition) is 4. The summed E-state index contributed by atoms with van der Waals surface area (Å²) in [4.78, 5) is 37.3. The lowest BCUT2D eigenvalue weighted by atomic mass is 10.1. The fourth-order valence-corrected chi connectivity index (χ4v) is 2.66. The molecule has 0 radical (unpaired) electrons. The summed E-state index contributed by atoms with van der Waals surface area (Å²) in [5.41, 5.74) is 0.392. The molecule has 0 saturated heterocycles. The zero-order valence-electron chi connectivity index (χ0n) is 12.8. The zero-order valence-corrected chi connectivity index (χ0v) is 13.5. The van der Waals surface area contributed by atoms with Crippen molar-refractivity contribution in [2.24, 2.45) is 0 Å². The first-order chi connectivity index (χ1) is 11.9. The van der Waals surface area contributed by atoms with E-state index in [0.29, 0.717) is 11.1 Å². The second kappa shape index (κ2) is 6.52. The Morgan fingerprint density at radius 1 is 1.16 bits per heavy atom. The van der Waals surface area contributed by atoms with Crippen molar-refractivity contribution < 1.29 is 23.9 Å². The first-order valence-electron chi connectivity index (χ1n) is 7.31. The molecule has 8 heteroatoms. The molecule has 0 spiro atoms. The summed E-state index contributed by atoms with van der Waals surface area (Å²) in [5.74, 6) is -2.82. The number of nitrogens with one attached hydrogen (secondary N) is 1. The summed E-state index contributed by atoms with van der Waals surface area (Å²) in [6.45, 7) is -0.133. The molecular weight excluding hydrogens is 351 g/mol. The van der Waals surface area contributed by atoms with Crippen LogP contribution in [0.3, 0.4) is 0 Å². The van der Waals surface area contributed by atoms with E-state index < -0.39 is 29.3 Å². The van der Waals surface area contributed by atoms with Crippen LogP contribution >= 0.6 is 11.6 Å². The van der Waals surface area contributed by atoms with Crippen LogP contribution in [0.5, 0.6) is 5.75 Å². The lowest BCUT2D eigenvalue weighted by Crippen LogP contribution is -2.32. The van der Waals surface area contributed by atoms with Gasteiger partial charge in [0.15, 0.2) is 0 Å². The number of phenols is 1. The van der Waals surface area contributed by atoms with E-state index >= 15 is 0 Å². The maximum Gasteiger partial charge on any atom is 0.261 e. The molecule has 0 atom stereocenters. The van der Waals surface area contributed by atoms with Gasteiger partial charge in [-0.25, -0.2) is 4.39 Å². The van der Waals surface area contributed by atoms with Crippen LogP contribution in [0, 0.1) is 5.82 Å². The lowest BCUT2D eigenvalue weighted by Gasteiger charge is -2.14. The largest absolute Gasteiger partial charge is 0.506 e. The number of rotatable bonds is 4. The van der Waals surface area contributed by atoms with E-state index in [1.165, 1.54) is 0 Å². The van der Waals surface area contributed by atoms with Gasteiger partial charge < -0.3 is 10.4 Å². The quantitative estimate of drug-likeness (QED) is 0.646. The fraction of sp³-hybridized carbons (Fsp3) is 0.118. The van der Waals surface area contributed by atoms with Crippen molar-refractivity contribution in [3.63, 3.8) is 0 Å². The number of imide groups is 1. The first kappa shape index (κ1) is 16.9. The molecule has 0 aromatic heterocycles. The molecule has 1 aliphatic rings. The number of nitrogens with zero attached hydrogens (tertiary/aromatic N) is 1. The van der Waals surface area contributed by atoms with Gasteiger partial charge in [-0.3, -0.25) is 19.3 Å². The van der Waals surface area contributed by atoms with Gasteiger partial charge in [-0.15, -0.1) is 0 Å². The van der Waals surface area contributed by atoms with E-state index in [9.17, 15) is 23.9 Å². The molecule has 2 N–H and O–H groups in total. The highest BCUT2D eigenvalue weighted by molar-refractivity contribution is 6.32. The molecule has 0 aliphatic carbocycles. The van der Waals surface area contributed by atoms with Crippen LogP contribution in [0.4, 0.5) is 10.1 Å². The van der Waals surface area contributed by atoms with E-state index in [2.05, 4.69) is 5.32 Å². The molecule has 1 aliphatic heterocycles. The van der Waals surface area contributed by atoms with Gasteiger partial charge in [0.25, 0.3) is 11.8 Å². The summed E-state index contributed by atoms with van der Waals surface area (Å²) in [7, 11) is 0. The SMILES string of the molecule is O=C(CCN1C(=O)c2ccccc2C1=O)Nc1cc(Cl)c(O)cc1F. The molecule has 2 aromatic rings. The van der Waals surface area contributed by atoms with Gasteiger partial charge in [0.1, 0.15) is 11.6 Å². The smallest absolute Gasteiger partial charge is 0.261 e. The third-order valence-corrected chi connectivity index (χ3v) is 4.05. The Bertz CT molecular complexity index is 865. The number of phenolic OH excluding ortho intramolecular Hbond substituents is 1. The van der Waals surface area contributed by atoms with E-state index in [1.807, 2.05) is 0 Å². The Hall–Kier alpha value is -2.93. The highest BCUT2D eigenvalue weighted by atomic mass is 35.5. The van der Waals surface area contributed by atoms with Crippen LogP contribution in [-0.4, -0.2) is 34.3 Å². The van der Waals surface area contributed by atoms with Gasteiger partial charge in [0, 0.05) is 19.0 Å². The molecule has 0 fully saturated rings. The van der Waals surface area contributed by atoms with Crippen molar-refractivity contribution in [1.29, 1.82) is 0 Å². The fourth-order valence-electron chi connectivity index (χ4n) is 2.50. The molecule has 25 heavy (non-hydrogen) atoms. The molecule has 1 heterocycles. The Labute approximate surface area is 146 Å². The molecule has 6 nitrogen and oxygen atoms in total. The molecular formula is C17H12ClFN2O4. The van der Waals surface area contributed by atoms with Crippen LogP contribution in [0.15, 0.2) is 36.4 Å². The molecule has 0 unspecified atom stereocenters. The number of halogens is 2. The van der Waals surface area contributed by atoms with Crippen LogP contribution in [-0.2, 0) is 4.79 Å². The van der Waals surface area contributed by atoms with Crippen molar-refractivity contribution in [2.45, 2.75) is 6.42 Å². The normalized spacial score (nSPS) is 13.1. The van der Waals surface area contributed by atoms with Gasteiger partial charge in [0.05, 0.1) is 21.8 Å². The number of anilines is 1. The van der Waals surface area contributed by atoms with Crippen molar-refractivity contribution in [2.75, 3.05) is 11.9 Å². The van der Waals surface area contributed by atoms with Gasteiger partial charge in [-0.05, 0) is 18.2 Å². The number of fused-ring (bicyclic) bond motifs is 1. The minimum Gasteiger partial charge on any atom is -0.506 e. The van der Waals surface area contributed by atoms with Crippen LogP contribution in [0.2, 0.25) is 5.02 Å². The van der Waals surface area contributed by atoms with Crippen LogP contribution in [0.1, 0.15) is 27.1 Å². The summed E-state index contributed by atoms with van der Waals surface area (Å²) in [6, 6.07) is 8.25. The topological polar surface area (TPSA) is 86.7 Å². The van der Waals surface area contributed by atoms with Crippen molar-refractivity contribution >= 4 is 35.0 Å². The van der Waals surface area contributed by atoms with Crippen LogP contribution in [0.25, 0.3) is 0 Å². The second-order valence-corrected chi connectivity index (χ2v) is 5.80. The number of hydrogen-bond donors (Lipinski definition) is 2. The average molecular weight is 363 g/mol. The lowest BCUT2D eigenvalue weighted by molar-refractivity contribution is -0.116. The van der Waals surface area contributed by atoms with E-state index in [4.69, 9.17) is 11.6 Å². The summed E-state index contributed by atoms with van der Waals surface area (Å²) < 4.78 is 13.7. The zero-order chi connectivity index (χ0) is 18.1. The molecule has 128 valence electrons. The Balaban J connectivity index is 1.65. The van der Waals surface area contributed by atoms with Gasteiger partial charge in [-0.1, -0.05) is 23.7 Å². The molecule has 3 rings (SSSR count). The van der Waals surface area contributed by atoms with E-state index in [-0.39, 0.29) is 23.7 Å². The second-order valence-electron chi connectivity index (χ2n) is 5.39. The third kappa shape index (κ3) is 3.18. The van der Waals surface area contributed by atoms with Gasteiger partial charge in [0.2, 0.25) is 5.91 Å². The number of amides is 3. The van der Waals surface area contributed by atoms with Crippen molar-refractivity contribution in [1.82, 2.24) is 4.90 Å². The van der Waals surface area contributed by atoms with Crippen molar-refractivity contribution in [3.05, 3.63) is 58.4 Å². The predicted molar refractivity (Wildman–Crippen MR) is 88.1 cm³/mol. The number of aromatic hydroxyl groups is 1. The third-order valence-electron chi connectivity index (χ3n) is 3.75. The molecule has 0 saturated carbocycles. The highest BCUT2D eigenvalue weighted by Crippen LogP contribution is 2.29. The van der Waals surface area contributed by atoms with E-state index in [0.717, 1.165) is 17.0 Å². The average Bonchev–Trinajstić information content (AvgIpc) is 2.82. The summed E-state index contributed by atoms with van der Waals surface area (Å²) in [6.07, 6.45) is -0.205. The van der Waals surface area contributed by atoms with Gasteiger partial charge in [-0.2, -0.15) is 0 Å². The standard InChI is InChI=1S/C17H12ClFN2O4/c18-11-7-13(12(19)8-14(11)22)20-15(23)5-6-21-16(24)9-3-1-2-4-10(9)17(21)25/h1-4,7-8,22H,5-6H2,(H,20,23). The predicted octanol–water partition coefficient (Wildman–Crippen LogP) is 2.81. The monoisotopic (exact) mass is 362 g/mol. The summed E-state index contributed by atoms with van der Waals surface area (Å²) in [5, 5.41) is 11.5. The van der Waals surface area contributed by atoms with E-state index in [1.54, 1.807) is 24.3 Å². The Morgan fingerprint density at radius 3 is 2.36 bits per heavy atom. The van der Waals surface area contributed by atoms with Gasteiger partial charge >= 0.3 is 0 Å². The summed E-state index contributed by atoms with van der Waals surface area (Å²) >= 11 is 5.67. The number of benzene rings is 2. The molecule has 3 amide bonds.